The fourth-order valence-corrected chi connectivity index (χ4v) is 3.67. The van der Waals surface area contributed by atoms with Gasteiger partial charge in [-0.05, 0) is 43.0 Å². The Bertz CT molecular complexity index is 847. The molecule has 0 fully saturated rings. The molecule has 1 atom stereocenters. The zero-order chi connectivity index (χ0) is 17.8. The fourth-order valence-electron chi connectivity index (χ4n) is 2.49. The first-order valence-corrected chi connectivity index (χ1v) is 9.81. The number of nitrogens with one attached hydrogen (secondary N) is 1. The molecular weight excluding hydrogens is 381 g/mol. The van der Waals surface area contributed by atoms with E-state index in [0.717, 1.165) is 11.3 Å². The molecule has 2 N–H and O–H groups in total. The van der Waals surface area contributed by atoms with Crippen molar-refractivity contribution in [1.82, 2.24) is 19.8 Å². The number of rotatable bonds is 7. The maximum absolute atomic E-state index is 9.20. The van der Waals surface area contributed by atoms with E-state index in [-0.39, 0.29) is 12.6 Å². The highest BCUT2D eigenvalue weighted by Gasteiger charge is 2.13. The Balaban J connectivity index is 1.96. The Hall–Kier alpha value is -1.54. The third-order valence-corrected chi connectivity index (χ3v) is 4.75. The number of benzene rings is 1. The van der Waals surface area contributed by atoms with E-state index in [1.54, 1.807) is 34.5 Å². The second-order valence-corrected chi connectivity index (χ2v) is 7.26. The summed E-state index contributed by atoms with van der Waals surface area (Å²) < 4.78 is 1.65. The molecule has 0 bridgehead atoms. The number of fused-ring (bicyclic) bond motifs is 1. The van der Waals surface area contributed by atoms with Crippen LogP contribution in [0.4, 0.5) is 5.82 Å². The summed E-state index contributed by atoms with van der Waals surface area (Å²) in [5.74, 6) is 2.12. The van der Waals surface area contributed by atoms with Gasteiger partial charge in [-0.2, -0.15) is 16.3 Å². The van der Waals surface area contributed by atoms with Crippen molar-refractivity contribution in [3.05, 3.63) is 40.4 Å². The topological polar surface area (TPSA) is 75.3 Å². The lowest BCUT2D eigenvalue weighted by molar-refractivity contribution is 0.282. The molecule has 0 aliphatic carbocycles. The molecule has 0 saturated heterocycles. The van der Waals surface area contributed by atoms with Gasteiger partial charge in [0.2, 0.25) is 0 Å². The molecule has 0 amide bonds. The highest BCUT2D eigenvalue weighted by Crippen LogP contribution is 2.26. The number of aliphatic hydroxyl groups is 1. The maximum atomic E-state index is 9.20. The second-order valence-electron chi connectivity index (χ2n) is 5.48. The van der Waals surface area contributed by atoms with E-state index in [9.17, 15) is 5.11 Å². The number of nitrogens with zero attached hydrogens (tertiary/aromatic N) is 4. The maximum Gasteiger partial charge on any atom is 0.185 e. The van der Waals surface area contributed by atoms with Gasteiger partial charge in [0.1, 0.15) is 5.82 Å². The number of halogens is 2. The summed E-state index contributed by atoms with van der Waals surface area (Å²) in [6.45, 7) is 0.124. The molecule has 25 heavy (non-hydrogen) atoms. The lowest BCUT2D eigenvalue weighted by Crippen LogP contribution is -2.24. The van der Waals surface area contributed by atoms with Crippen LogP contribution in [-0.2, 0) is 0 Å². The number of anilines is 1. The standard InChI is InChI=1S/C16H17Cl2N5OS/c1-25-9-13(4-5-24)19-14-2-3-15-20-21-16(23(15)22-14)10-6-11(17)8-12(18)7-10/h2-3,6-8,13,24H,4-5,9H2,1H3,(H,19,22). The minimum atomic E-state index is 0.124. The van der Waals surface area contributed by atoms with E-state index in [1.807, 2.05) is 18.4 Å². The molecule has 0 radical (unpaired) electrons. The lowest BCUT2D eigenvalue weighted by atomic mass is 10.2. The molecule has 0 aliphatic rings. The Morgan fingerprint density at radius 3 is 2.64 bits per heavy atom. The Morgan fingerprint density at radius 2 is 1.96 bits per heavy atom. The third-order valence-electron chi connectivity index (χ3n) is 3.58. The fraction of sp³-hybridized carbons (Fsp3) is 0.312. The third kappa shape index (κ3) is 4.36. The van der Waals surface area contributed by atoms with Crippen LogP contribution in [0, 0.1) is 0 Å². The number of aliphatic hydroxyl groups excluding tert-OH is 1. The van der Waals surface area contributed by atoms with E-state index in [2.05, 4.69) is 20.6 Å². The van der Waals surface area contributed by atoms with E-state index >= 15 is 0 Å². The van der Waals surface area contributed by atoms with E-state index in [0.29, 0.717) is 33.8 Å². The van der Waals surface area contributed by atoms with Gasteiger partial charge in [-0.3, -0.25) is 0 Å². The Labute approximate surface area is 159 Å². The summed E-state index contributed by atoms with van der Waals surface area (Å²) in [4.78, 5) is 0. The van der Waals surface area contributed by atoms with Crippen molar-refractivity contribution in [2.24, 2.45) is 0 Å². The Morgan fingerprint density at radius 1 is 1.20 bits per heavy atom. The molecule has 132 valence electrons. The molecule has 6 nitrogen and oxygen atoms in total. The van der Waals surface area contributed by atoms with E-state index in [4.69, 9.17) is 23.2 Å². The number of aromatic nitrogens is 4. The molecular formula is C16H17Cl2N5OS. The van der Waals surface area contributed by atoms with Gasteiger partial charge in [-0.1, -0.05) is 23.2 Å². The second kappa shape index (κ2) is 8.23. The zero-order valence-electron chi connectivity index (χ0n) is 13.5. The predicted molar refractivity (Wildman–Crippen MR) is 104 cm³/mol. The molecule has 1 aromatic carbocycles. The summed E-state index contributed by atoms with van der Waals surface area (Å²) in [6.07, 6.45) is 2.68. The van der Waals surface area contributed by atoms with Crippen molar-refractivity contribution >= 4 is 46.4 Å². The molecule has 3 rings (SSSR count). The van der Waals surface area contributed by atoms with Crippen molar-refractivity contribution in [3.63, 3.8) is 0 Å². The SMILES string of the molecule is CSCC(CCO)Nc1ccc2nnc(-c3cc(Cl)cc(Cl)c3)n2n1. The highest BCUT2D eigenvalue weighted by molar-refractivity contribution is 7.98. The molecule has 1 unspecified atom stereocenters. The van der Waals surface area contributed by atoms with Crippen LogP contribution in [0.2, 0.25) is 10.0 Å². The minimum absolute atomic E-state index is 0.124. The van der Waals surface area contributed by atoms with Gasteiger partial charge in [-0.25, -0.2) is 0 Å². The molecule has 2 heterocycles. The smallest absolute Gasteiger partial charge is 0.185 e. The molecule has 2 aromatic heterocycles. The normalized spacial score (nSPS) is 12.5. The average Bonchev–Trinajstić information content (AvgIpc) is 2.97. The van der Waals surface area contributed by atoms with E-state index < -0.39 is 0 Å². The van der Waals surface area contributed by atoms with Crippen LogP contribution in [0.5, 0.6) is 0 Å². The number of hydrogen-bond acceptors (Lipinski definition) is 6. The highest BCUT2D eigenvalue weighted by atomic mass is 35.5. The molecule has 9 heteroatoms. The van der Waals surface area contributed by atoms with Crippen LogP contribution in [-0.4, -0.2) is 49.6 Å². The number of thioether (sulfide) groups is 1. The first kappa shape index (κ1) is 18.3. The Kier molecular flexibility index (Phi) is 6.01. The first-order valence-electron chi connectivity index (χ1n) is 7.66. The van der Waals surface area contributed by atoms with Crippen LogP contribution in [0.3, 0.4) is 0 Å². The first-order chi connectivity index (χ1) is 12.1. The van der Waals surface area contributed by atoms with Crippen LogP contribution in [0.15, 0.2) is 30.3 Å². The van der Waals surface area contributed by atoms with Crippen molar-refractivity contribution in [3.8, 4) is 11.4 Å². The lowest BCUT2D eigenvalue weighted by Gasteiger charge is -2.17. The van der Waals surface area contributed by atoms with Crippen molar-refractivity contribution < 1.29 is 5.11 Å². The summed E-state index contributed by atoms with van der Waals surface area (Å²) in [7, 11) is 0. The minimum Gasteiger partial charge on any atom is -0.396 e. The van der Waals surface area contributed by atoms with Gasteiger partial charge in [0, 0.05) is 34.0 Å². The van der Waals surface area contributed by atoms with Crippen LogP contribution >= 0.6 is 35.0 Å². The van der Waals surface area contributed by atoms with Crippen LogP contribution < -0.4 is 5.32 Å². The van der Waals surface area contributed by atoms with Gasteiger partial charge >= 0.3 is 0 Å². The summed E-state index contributed by atoms with van der Waals surface area (Å²) >= 11 is 13.9. The molecule has 3 aromatic rings. The summed E-state index contributed by atoms with van der Waals surface area (Å²) in [5, 5.41) is 26.5. The average molecular weight is 398 g/mol. The quantitative estimate of drug-likeness (QED) is 0.633. The van der Waals surface area contributed by atoms with Crippen molar-refractivity contribution in [1.29, 1.82) is 0 Å². The predicted octanol–water partition coefficient (Wildman–Crippen LogP) is 3.62. The summed E-state index contributed by atoms with van der Waals surface area (Å²) in [6, 6.07) is 9.03. The molecule has 0 aliphatic heterocycles. The van der Waals surface area contributed by atoms with Gasteiger partial charge in [0.25, 0.3) is 0 Å². The zero-order valence-corrected chi connectivity index (χ0v) is 15.8. The van der Waals surface area contributed by atoms with Gasteiger partial charge in [0.05, 0.1) is 0 Å². The van der Waals surface area contributed by atoms with Gasteiger partial charge < -0.3 is 10.4 Å². The van der Waals surface area contributed by atoms with Gasteiger partial charge in [-0.15, -0.1) is 15.3 Å². The van der Waals surface area contributed by atoms with E-state index in [1.165, 1.54) is 0 Å². The van der Waals surface area contributed by atoms with Gasteiger partial charge in [0.15, 0.2) is 11.5 Å². The molecule has 0 saturated carbocycles. The van der Waals surface area contributed by atoms with Crippen molar-refractivity contribution in [2.45, 2.75) is 12.5 Å². The molecule has 0 spiro atoms. The van der Waals surface area contributed by atoms with Crippen LogP contribution in [0.25, 0.3) is 17.0 Å². The number of hydrogen-bond donors (Lipinski definition) is 2. The summed E-state index contributed by atoms with van der Waals surface area (Å²) in [5.41, 5.74) is 1.37. The largest absolute Gasteiger partial charge is 0.396 e. The van der Waals surface area contributed by atoms with Crippen molar-refractivity contribution in [2.75, 3.05) is 23.9 Å². The van der Waals surface area contributed by atoms with Crippen LogP contribution in [0.1, 0.15) is 6.42 Å². The monoisotopic (exact) mass is 397 g/mol.